The molecule has 3 nitrogen and oxygen atoms in total. The molecule has 0 saturated heterocycles. The van der Waals surface area contributed by atoms with E-state index in [0.717, 1.165) is 23.2 Å². The molecule has 1 amide bonds. The van der Waals surface area contributed by atoms with Crippen LogP contribution in [0.5, 0.6) is 0 Å². The summed E-state index contributed by atoms with van der Waals surface area (Å²) in [7, 11) is 0. The van der Waals surface area contributed by atoms with Gasteiger partial charge in [-0.2, -0.15) is 0 Å². The van der Waals surface area contributed by atoms with Crippen molar-refractivity contribution in [3.63, 3.8) is 0 Å². The molecule has 0 aliphatic heterocycles. The van der Waals surface area contributed by atoms with Gasteiger partial charge in [-0.05, 0) is 18.6 Å². The van der Waals surface area contributed by atoms with Crippen molar-refractivity contribution in [2.24, 2.45) is 0 Å². The summed E-state index contributed by atoms with van der Waals surface area (Å²) >= 11 is 1.45. The second-order valence-electron chi connectivity index (χ2n) is 4.30. The average Bonchev–Trinajstić information content (AvgIpc) is 2.82. The van der Waals surface area contributed by atoms with E-state index in [1.165, 1.54) is 30.6 Å². The average molecular weight is 262 g/mol. The number of carbonyl (C=O) groups excluding carboxylic acids is 1. The van der Waals surface area contributed by atoms with Gasteiger partial charge in [0.2, 0.25) is 0 Å². The maximum atomic E-state index is 11.9. The van der Waals surface area contributed by atoms with Crippen molar-refractivity contribution in [1.82, 2.24) is 10.3 Å². The molecule has 0 bridgehead atoms. The van der Waals surface area contributed by atoms with E-state index in [9.17, 15) is 4.79 Å². The van der Waals surface area contributed by atoms with E-state index in [0.29, 0.717) is 5.01 Å². The van der Waals surface area contributed by atoms with Crippen LogP contribution in [-0.2, 0) is 0 Å². The van der Waals surface area contributed by atoms with Crippen LogP contribution in [0.25, 0.3) is 10.2 Å². The number of benzene rings is 1. The third-order valence-corrected chi connectivity index (χ3v) is 3.84. The maximum Gasteiger partial charge on any atom is 0.280 e. The van der Waals surface area contributed by atoms with Gasteiger partial charge >= 0.3 is 0 Å². The number of fused-ring (bicyclic) bond motifs is 1. The molecule has 2 rings (SSSR count). The Labute approximate surface area is 111 Å². The van der Waals surface area contributed by atoms with Gasteiger partial charge in [-0.1, -0.05) is 38.3 Å². The first-order valence-electron chi connectivity index (χ1n) is 6.45. The number of rotatable bonds is 6. The van der Waals surface area contributed by atoms with Crippen LogP contribution in [0.1, 0.15) is 42.4 Å². The molecule has 1 N–H and O–H groups in total. The minimum absolute atomic E-state index is 0.0484. The standard InChI is InChI=1S/C14H18N2OS/c1-2-3-4-7-10-15-13(17)14-16-11-8-5-6-9-12(11)18-14/h5-6,8-9H,2-4,7,10H2,1H3,(H,15,17). The molecule has 4 heteroatoms. The molecule has 1 aromatic heterocycles. The molecular formula is C14H18N2OS. The van der Waals surface area contributed by atoms with Crippen LogP contribution in [0, 0.1) is 0 Å². The third-order valence-electron chi connectivity index (χ3n) is 2.80. The highest BCUT2D eigenvalue weighted by atomic mass is 32.1. The summed E-state index contributed by atoms with van der Waals surface area (Å²) in [6.45, 7) is 2.93. The van der Waals surface area contributed by atoms with Gasteiger partial charge in [0, 0.05) is 6.54 Å². The number of para-hydroxylation sites is 1. The third kappa shape index (κ3) is 3.29. The lowest BCUT2D eigenvalue weighted by Crippen LogP contribution is -2.24. The first kappa shape index (κ1) is 13.0. The number of nitrogens with one attached hydrogen (secondary N) is 1. The predicted molar refractivity (Wildman–Crippen MR) is 76.1 cm³/mol. The van der Waals surface area contributed by atoms with Crippen molar-refractivity contribution in [2.45, 2.75) is 32.6 Å². The fraction of sp³-hybridized carbons (Fsp3) is 0.429. The van der Waals surface area contributed by atoms with Crippen molar-refractivity contribution in [3.8, 4) is 0 Å². The summed E-state index contributed by atoms with van der Waals surface area (Å²) in [6.07, 6.45) is 4.67. The van der Waals surface area contributed by atoms with E-state index in [2.05, 4.69) is 17.2 Å². The number of amides is 1. The molecule has 0 aliphatic rings. The molecule has 0 fully saturated rings. The topological polar surface area (TPSA) is 42.0 Å². The fourth-order valence-electron chi connectivity index (χ4n) is 1.80. The Balaban J connectivity index is 1.88. The Morgan fingerprint density at radius 3 is 2.89 bits per heavy atom. The lowest BCUT2D eigenvalue weighted by molar-refractivity contribution is 0.0953. The van der Waals surface area contributed by atoms with Crippen LogP contribution in [0.4, 0.5) is 0 Å². The molecule has 0 atom stereocenters. The number of hydrogen-bond donors (Lipinski definition) is 1. The monoisotopic (exact) mass is 262 g/mol. The van der Waals surface area contributed by atoms with Crippen molar-refractivity contribution >= 4 is 27.5 Å². The zero-order valence-electron chi connectivity index (χ0n) is 10.6. The van der Waals surface area contributed by atoms with Crippen LogP contribution in [-0.4, -0.2) is 17.4 Å². The molecule has 0 saturated carbocycles. The quantitative estimate of drug-likeness (QED) is 0.808. The summed E-state index contributed by atoms with van der Waals surface area (Å²) in [5.74, 6) is -0.0484. The maximum absolute atomic E-state index is 11.9. The van der Waals surface area contributed by atoms with Crippen LogP contribution >= 0.6 is 11.3 Å². The number of thiazole rings is 1. The Morgan fingerprint density at radius 2 is 2.11 bits per heavy atom. The smallest absolute Gasteiger partial charge is 0.280 e. The molecule has 1 heterocycles. The van der Waals surface area contributed by atoms with Crippen molar-refractivity contribution < 1.29 is 4.79 Å². The normalized spacial score (nSPS) is 10.7. The Hall–Kier alpha value is -1.42. The molecule has 1 aromatic carbocycles. The number of aromatic nitrogens is 1. The highest BCUT2D eigenvalue weighted by Gasteiger charge is 2.10. The first-order chi connectivity index (χ1) is 8.81. The molecule has 0 aliphatic carbocycles. The molecule has 0 spiro atoms. The van der Waals surface area contributed by atoms with Crippen molar-refractivity contribution in [2.75, 3.05) is 6.54 Å². The molecule has 96 valence electrons. The summed E-state index contributed by atoms with van der Waals surface area (Å²) < 4.78 is 1.06. The van der Waals surface area contributed by atoms with Gasteiger partial charge < -0.3 is 5.32 Å². The summed E-state index contributed by atoms with van der Waals surface area (Å²) in [4.78, 5) is 16.2. The minimum atomic E-state index is -0.0484. The molecule has 0 radical (unpaired) electrons. The Bertz CT molecular complexity index is 488. The van der Waals surface area contributed by atoms with Crippen LogP contribution in [0.3, 0.4) is 0 Å². The van der Waals surface area contributed by atoms with Gasteiger partial charge in [-0.15, -0.1) is 11.3 Å². The number of unbranched alkanes of at least 4 members (excludes halogenated alkanes) is 3. The highest BCUT2D eigenvalue weighted by Crippen LogP contribution is 2.21. The Kier molecular flexibility index (Phi) is 4.70. The van der Waals surface area contributed by atoms with E-state index < -0.39 is 0 Å². The zero-order chi connectivity index (χ0) is 12.8. The van der Waals surface area contributed by atoms with Gasteiger partial charge in [-0.25, -0.2) is 4.98 Å². The van der Waals surface area contributed by atoms with E-state index >= 15 is 0 Å². The van der Waals surface area contributed by atoms with Crippen LogP contribution in [0.2, 0.25) is 0 Å². The second kappa shape index (κ2) is 6.50. The van der Waals surface area contributed by atoms with Gasteiger partial charge in [0.15, 0.2) is 5.01 Å². The molecule has 0 unspecified atom stereocenters. The second-order valence-corrected chi connectivity index (χ2v) is 5.33. The first-order valence-corrected chi connectivity index (χ1v) is 7.26. The lowest BCUT2D eigenvalue weighted by atomic mass is 10.2. The molecule has 2 aromatic rings. The van der Waals surface area contributed by atoms with Crippen molar-refractivity contribution in [3.05, 3.63) is 29.3 Å². The SMILES string of the molecule is CCCCCCNC(=O)c1nc2ccccc2s1. The van der Waals surface area contributed by atoms with E-state index in [4.69, 9.17) is 0 Å². The summed E-state index contributed by atoms with van der Waals surface area (Å²) in [5, 5.41) is 3.49. The number of hydrogen-bond acceptors (Lipinski definition) is 3. The van der Waals surface area contributed by atoms with Crippen LogP contribution in [0.15, 0.2) is 24.3 Å². The predicted octanol–water partition coefficient (Wildman–Crippen LogP) is 3.61. The number of carbonyl (C=O) groups is 1. The summed E-state index contributed by atoms with van der Waals surface area (Å²) in [5.41, 5.74) is 0.902. The van der Waals surface area contributed by atoms with E-state index in [1.807, 2.05) is 24.3 Å². The van der Waals surface area contributed by atoms with Crippen LogP contribution < -0.4 is 5.32 Å². The van der Waals surface area contributed by atoms with E-state index in [1.54, 1.807) is 0 Å². The van der Waals surface area contributed by atoms with E-state index in [-0.39, 0.29) is 5.91 Å². The number of nitrogens with zero attached hydrogens (tertiary/aromatic N) is 1. The zero-order valence-corrected chi connectivity index (χ0v) is 11.4. The lowest BCUT2D eigenvalue weighted by Gasteiger charge is -2.01. The van der Waals surface area contributed by atoms with Gasteiger partial charge in [0.05, 0.1) is 10.2 Å². The van der Waals surface area contributed by atoms with Gasteiger partial charge in [0.25, 0.3) is 5.91 Å². The molecule has 18 heavy (non-hydrogen) atoms. The molecular weight excluding hydrogens is 244 g/mol. The largest absolute Gasteiger partial charge is 0.350 e. The fourth-order valence-corrected chi connectivity index (χ4v) is 2.68. The highest BCUT2D eigenvalue weighted by molar-refractivity contribution is 7.20. The van der Waals surface area contributed by atoms with Gasteiger partial charge in [-0.3, -0.25) is 4.79 Å². The Morgan fingerprint density at radius 1 is 1.28 bits per heavy atom. The summed E-state index contributed by atoms with van der Waals surface area (Å²) in [6, 6.07) is 7.83. The minimum Gasteiger partial charge on any atom is -0.350 e. The van der Waals surface area contributed by atoms with Gasteiger partial charge in [0.1, 0.15) is 0 Å². The van der Waals surface area contributed by atoms with Crippen molar-refractivity contribution in [1.29, 1.82) is 0 Å².